The number of carbonyl (C=O) groups is 2. The van der Waals surface area contributed by atoms with Gasteiger partial charge in [0.1, 0.15) is 11.4 Å². The largest absolute Gasteiger partial charge is 0.497 e. The number of methoxy groups -OCH3 is 1. The molecule has 0 unspecified atom stereocenters. The number of rotatable bonds is 3. The number of fused-ring (bicyclic) bond motifs is 1. The Morgan fingerprint density at radius 2 is 2.00 bits per heavy atom. The molecule has 1 aromatic carbocycles. The van der Waals surface area contributed by atoms with Crippen molar-refractivity contribution in [3.63, 3.8) is 0 Å². The number of nitrogens with zero attached hydrogens (tertiary/aromatic N) is 2. The normalized spacial score (nSPS) is 13.8. The highest BCUT2D eigenvalue weighted by molar-refractivity contribution is 5.95. The summed E-state index contributed by atoms with van der Waals surface area (Å²) >= 11 is 0. The van der Waals surface area contributed by atoms with E-state index < -0.39 is 18.7 Å². The van der Waals surface area contributed by atoms with Gasteiger partial charge in [0.2, 0.25) is 5.91 Å². The van der Waals surface area contributed by atoms with Crippen molar-refractivity contribution in [2.75, 3.05) is 21.1 Å². The summed E-state index contributed by atoms with van der Waals surface area (Å²) in [4.78, 5) is 26.1. The molecule has 130 valence electrons. The van der Waals surface area contributed by atoms with E-state index >= 15 is 0 Å². The number of benzene rings is 1. The molecule has 2 rings (SSSR count). The second-order valence-electron chi connectivity index (χ2n) is 6.75. The predicted molar refractivity (Wildman–Crippen MR) is 92.5 cm³/mol. The molecule has 1 amide bonds. The Bertz CT molecular complexity index is 864. The average molecular weight is 335 g/mol. The van der Waals surface area contributed by atoms with E-state index in [4.69, 9.17) is 13.6 Å². The van der Waals surface area contributed by atoms with Crippen molar-refractivity contribution in [1.29, 1.82) is 0 Å². The van der Waals surface area contributed by atoms with Crippen molar-refractivity contribution in [3.8, 4) is 5.75 Å². The maximum absolute atomic E-state index is 12.5. The fraction of sp³-hybridized carbons (Fsp3) is 0.444. The van der Waals surface area contributed by atoms with E-state index in [-0.39, 0.29) is 18.1 Å². The molecule has 0 aliphatic carbocycles. The Labute approximate surface area is 146 Å². The molecule has 0 spiro atoms. The third-order valence-electron chi connectivity index (χ3n) is 3.41. The van der Waals surface area contributed by atoms with Crippen LogP contribution in [0.2, 0.25) is 0 Å². The Hall–Kier alpha value is -2.50. The second-order valence-corrected chi connectivity index (χ2v) is 6.75. The maximum Gasteiger partial charge on any atom is 0.419 e. The van der Waals surface area contributed by atoms with Gasteiger partial charge in [-0.25, -0.2) is 4.79 Å². The van der Waals surface area contributed by atoms with Crippen molar-refractivity contribution in [2.45, 2.75) is 32.8 Å². The standard InChI is InChI=1S/C18H24N2O4/c1-18(2,3)24-17(22)20-11-12(9-16(21)19(4)5)14-10-13(23-6)7-8-15(14)20/h7-8,10-11H,9H2,1-6H3/i6D3. The van der Waals surface area contributed by atoms with Crippen LogP contribution < -0.4 is 4.74 Å². The summed E-state index contributed by atoms with van der Waals surface area (Å²) in [5.74, 6) is -0.0247. The Balaban J connectivity index is 2.54. The van der Waals surface area contributed by atoms with Crippen LogP contribution in [0.25, 0.3) is 10.9 Å². The maximum atomic E-state index is 12.5. The van der Waals surface area contributed by atoms with E-state index in [0.29, 0.717) is 16.5 Å². The second kappa shape index (κ2) is 6.55. The summed E-state index contributed by atoms with van der Waals surface area (Å²) in [5.41, 5.74) is 0.395. The Kier molecular flexibility index (Phi) is 3.79. The molecular weight excluding hydrogens is 308 g/mol. The number of hydrogen-bond donors (Lipinski definition) is 0. The van der Waals surface area contributed by atoms with E-state index in [2.05, 4.69) is 0 Å². The summed E-state index contributed by atoms with van der Waals surface area (Å²) in [6, 6.07) is 4.55. The molecule has 0 aliphatic rings. The van der Waals surface area contributed by atoms with Crippen LogP contribution in [0.4, 0.5) is 4.79 Å². The zero-order valence-corrected chi connectivity index (χ0v) is 14.5. The minimum Gasteiger partial charge on any atom is -0.497 e. The third kappa shape index (κ3) is 3.88. The zero-order chi connectivity index (χ0) is 20.6. The van der Waals surface area contributed by atoms with E-state index in [9.17, 15) is 9.59 Å². The first-order chi connectivity index (χ1) is 12.3. The van der Waals surface area contributed by atoms with Gasteiger partial charge in [0, 0.05) is 25.7 Å². The molecule has 0 atom stereocenters. The minimum atomic E-state index is -2.60. The molecule has 6 nitrogen and oxygen atoms in total. The Morgan fingerprint density at radius 1 is 1.29 bits per heavy atom. The van der Waals surface area contributed by atoms with Crippen LogP contribution >= 0.6 is 0 Å². The van der Waals surface area contributed by atoms with Crippen LogP contribution in [0.1, 0.15) is 30.4 Å². The quantitative estimate of drug-likeness (QED) is 0.865. The number of carbonyl (C=O) groups excluding carboxylic acids is 2. The molecule has 0 aliphatic heterocycles. The average Bonchev–Trinajstić information content (AvgIpc) is 2.82. The molecule has 1 aromatic heterocycles. The van der Waals surface area contributed by atoms with Gasteiger partial charge in [-0.3, -0.25) is 9.36 Å². The highest BCUT2D eigenvalue weighted by atomic mass is 16.6. The van der Waals surface area contributed by atoms with E-state index in [1.807, 2.05) is 0 Å². The van der Waals surface area contributed by atoms with E-state index in [0.717, 1.165) is 0 Å². The third-order valence-corrected chi connectivity index (χ3v) is 3.41. The molecular formula is C18H24N2O4. The van der Waals surface area contributed by atoms with Gasteiger partial charge in [-0.1, -0.05) is 0 Å². The lowest BCUT2D eigenvalue weighted by Gasteiger charge is -2.19. The topological polar surface area (TPSA) is 60.8 Å². The molecule has 0 radical (unpaired) electrons. The minimum absolute atomic E-state index is 0.0521. The van der Waals surface area contributed by atoms with E-state index in [1.54, 1.807) is 47.1 Å². The van der Waals surface area contributed by atoms with Gasteiger partial charge < -0.3 is 14.4 Å². The van der Waals surface area contributed by atoms with Gasteiger partial charge in [0.05, 0.1) is 23.1 Å². The van der Waals surface area contributed by atoms with Crippen LogP contribution in [-0.2, 0) is 16.0 Å². The molecule has 1 heterocycles. The van der Waals surface area contributed by atoms with Crippen LogP contribution in [-0.4, -0.2) is 48.2 Å². The molecule has 0 N–H and O–H groups in total. The monoisotopic (exact) mass is 335 g/mol. The molecule has 2 aromatic rings. The first-order valence-corrected chi connectivity index (χ1v) is 7.53. The number of ether oxygens (including phenoxy) is 2. The lowest BCUT2D eigenvalue weighted by molar-refractivity contribution is -0.127. The first kappa shape index (κ1) is 13.9. The van der Waals surface area contributed by atoms with Crippen molar-refractivity contribution in [2.24, 2.45) is 0 Å². The number of likely N-dealkylation sites (N-methyl/N-ethyl adjacent to an activating group) is 1. The predicted octanol–water partition coefficient (Wildman–Crippen LogP) is 3.06. The smallest absolute Gasteiger partial charge is 0.419 e. The van der Waals surface area contributed by atoms with Gasteiger partial charge in [0.15, 0.2) is 0 Å². The summed E-state index contributed by atoms with van der Waals surface area (Å²) in [7, 11) is 0.679. The lowest BCUT2D eigenvalue weighted by Crippen LogP contribution is -2.26. The Morgan fingerprint density at radius 3 is 2.58 bits per heavy atom. The molecule has 24 heavy (non-hydrogen) atoms. The lowest BCUT2D eigenvalue weighted by atomic mass is 10.1. The number of amides is 1. The first-order valence-electron chi connectivity index (χ1n) is 9.03. The van der Waals surface area contributed by atoms with Crippen LogP contribution in [0.15, 0.2) is 24.4 Å². The van der Waals surface area contributed by atoms with E-state index in [1.165, 1.54) is 21.6 Å². The molecule has 0 saturated heterocycles. The molecule has 0 fully saturated rings. The molecule has 0 saturated carbocycles. The van der Waals surface area contributed by atoms with Crippen LogP contribution in [0.5, 0.6) is 5.75 Å². The van der Waals surface area contributed by atoms with Gasteiger partial charge in [-0.15, -0.1) is 0 Å². The highest BCUT2D eigenvalue weighted by Crippen LogP contribution is 2.27. The van der Waals surface area contributed by atoms with Crippen molar-refractivity contribution >= 4 is 22.9 Å². The van der Waals surface area contributed by atoms with Crippen LogP contribution in [0.3, 0.4) is 0 Å². The number of aromatic nitrogens is 1. The van der Waals surface area contributed by atoms with Gasteiger partial charge in [-0.2, -0.15) is 0 Å². The zero-order valence-electron chi connectivity index (χ0n) is 17.5. The highest BCUT2D eigenvalue weighted by Gasteiger charge is 2.22. The fourth-order valence-corrected chi connectivity index (χ4v) is 2.26. The summed E-state index contributed by atoms with van der Waals surface area (Å²) in [6.45, 7) is 5.28. The molecule has 0 bridgehead atoms. The van der Waals surface area contributed by atoms with Crippen molar-refractivity contribution in [3.05, 3.63) is 30.0 Å². The summed E-state index contributed by atoms with van der Waals surface area (Å²) in [5, 5.41) is 0.554. The fourth-order valence-electron chi connectivity index (χ4n) is 2.26. The number of hydrogen-bond acceptors (Lipinski definition) is 4. The summed E-state index contributed by atoms with van der Waals surface area (Å²) in [6.07, 6.45) is 1.01. The van der Waals surface area contributed by atoms with Gasteiger partial charge in [0.25, 0.3) is 0 Å². The van der Waals surface area contributed by atoms with Gasteiger partial charge in [-0.05, 0) is 44.5 Å². The van der Waals surface area contributed by atoms with Crippen molar-refractivity contribution in [1.82, 2.24) is 9.47 Å². The van der Waals surface area contributed by atoms with Crippen LogP contribution in [0, 0.1) is 0 Å². The van der Waals surface area contributed by atoms with Crippen molar-refractivity contribution < 1.29 is 23.2 Å². The summed E-state index contributed by atoms with van der Waals surface area (Å²) < 4.78 is 33.4. The van der Waals surface area contributed by atoms with Gasteiger partial charge >= 0.3 is 6.09 Å². The molecule has 6 heteroatoms. The SMILES string of the molecule is [2H]C([2H])([2H])Oc1ccc2c(c1)c(CC(=O)N(C)C)cn2C(=O)OC(C)(C)C.